The van der Waals surface area contributed by atoms with Crippen LogP contribution in [-0.4, -0.2) is 15.7 Å². The number of hydrogen-bond donors (Lipinski definition) is 0. The normalized spacial score (nSPS) is 19.7. The van der Waals surface area contributed by atoms with E-state index in [1.54, 1.807) is 0 Å². The Morgan fingerprint density at radius 1 is 1.47 bits per heavy atom. The molecule has 0 aromatic carbocycles. The summed E-state index contributed by atoms with van der Waals surface area (Å²) in [5.74, 6) is 0.789. The summed E-state index contributed by atoms with van der Waals surface area (Å²) in [6.45, 7) is 2.05. The zero-order valence-corrected chi connectivity index (χ0v) is 10.3. The molecule has 84 valence electrons. The van der Waals surface area contributed by atoms with E-state index in [-0.39, 0.29) is 0 Å². The van der Waals surface area contributed by atoms with Crippen LogP contribution in [-0.2, 0) is 13.5 Å². The number of hydrogen-bond acceptors (Lipinski definition) is 1. The van der Waals surface area contributed by atoms with E-state index >= 15 is 0 Å². The summed E-state index contributed by atoms with van der Waals surface area (Å²) in [5, 5.41) is 4.39. The van der Waals surface area contributed by atoms with E-state index in [2.05, 4.69) is 11.2 Å². The van der Waals surface area contributed by atoms with Gasteiger partial charge in [-0.05, 0) is 37.7 Å². The molecule has 1 aromatic heterocycles. The van der Waals surface area contributed by atoms with Crippen LogP contribution in [0.3, 0.4) is 0 Å². The van der Waals surface area contributed by atoms with Crippen molar-refractivity contribution in [2.24, 2.45) is 12.5 Å². The lowest BCUT2D eigenvalue weighted by Crippen LogP contribution is -2.23. The van der Waals surface area contributed by atoms with Crippen LogP contribution in [0.4, 0.5) is 0 Å². The molecule has 0 spiro atoms. The first-order chi connectivity index (χ1) is 7.15. The highest BCUT2D eigenvalue weighted by atomic mass is 35.5. The monoisotopic (exact) mass is 226 g/mol. The number of rotatable bonds is 3. The van der Waals surface area contributed by atoms with Gasteiger partial charge in [0.05, 0.1) is 5.69 Å². The Morgan fingerprint density at radius 3 is 2.60 bits per heavy atom. The molecule has 15 heavy (non-hydrogen) atoms. The standard InChI is InChI=1S/C12H19ClN2/c1-10-7-11(15(2)14-10)8-12(9-13)5-3-4-6-12/h7H,3-6,8-9H2,1-2H3. The highest BCUT2D eigenvalue weighted by Gasteiger charge is 2.33. The fourth-order valence-electron chi connectivity index (χ4n) is 2.70. The van der Waals surface area contributed by atoms with Crippen LogP contribution in [0.25, 0.3) is 0 Å². The first-order valence-corrected chi connectivity index (χ1v) is 6.24. The van der Waals surface area contributed by atoms with Crippen molar-refractivity contribution < 1.29 is 0 Å². The van der Waals surface area contributed by atoms with E-state index in [1.165, 1.54) is 31.4 Å². The molecule has 0 aliphatic heterocycles. The molecular formula is C12H19ClN2. The lowest BCUT2D eigenvalue weighted by Gasteiger charge is -2.25. The first-order valence-electron chi connectivity index (χ1n) is 5.71. The Kier molecular flexibility index (Phi) is 3.06. The van der Waals surface area contributed by atoms with E-state index in [4.69, 9.17) is 11.6 Å². The molecule has 1 fully saturated rings. The Morgan fingerprint density at radius 2 is 2.13 bits per heavy atom. The zero-order valence-electron chi connectivity index (χ0n) is 9.59. The fourth-order valence-corrected chi connectivity index (χ4v) is 3.06. The van der Waals surface area contributed by atoms with Gasteiger partial charge in [-0.25, -0.2) is 0 Å². The molecule has 2 rings (SSSR count). The van der Waals surface area contributed by atoms with Gasteiger partial charge in [0.25, 0.3) is 0 Å². The molecule has 2 nitrogen and oxygen atoms in total. The van der Waals surface area contributed by atoms with Crippen LogP contribution in [0.5, 0.6) is 0 Å². The summed E-state index contributed by atoms with van der Waals surface area (Å²) in [4.78, 5) is 0. The van der Waals surface area contributed by atoms with Gasteiger partial charge < -0.3 is 0 Å². The summed E-state index contributed by atoms with van der Waals surface area (Å²) in [6, 6.07) is 2.19. The van der Waals surface area contributed by atoms with Crippen molar-refractivity contribution in [3.8, 4) is 0 Å². The van der Waals surface area contributed by atoms with Crippen LogP contribution in [0.2, 0.25) is 0 Å². The smallest absolute Gasteiger partial charge is 0.0596 e. The van der Waals surface area contributed by atoms with Crippen molar-refractivity contribution >= 4 is 11.6 Å². The molecule has 3 heteroatoms. The van der Waals surface area contributed by atoms with Crippen molar-refractivity contribution in [2.45, 2.75) is 39.0 Å². The van der Waals surface area contributed by atoms with Crippen LogP contribution < -0.4 is 0 Å². The molecule has 1 aromatic rings. The van der Waals surface area contributed by atoms with Gasteiger partial charge in [0, 0.05) is 18.6 Å². The predicted octanol–water partition coefficient (Wildman–Crippen LogP) is 3.07. The SMILES string of the molecule is Cc1cc(CC2(CCl)CCCC2)n(C)n1. The second-order valence-corrected chi connectivity index (χ2v) is 5.19. The number of alkyl halides is 1. The predicted molar refractivity (Wildman–Crippen MR) is 63.3 cm³/mol. The molecule has 0 radical (unpaired) electrons. The van der Waals surface area contributed by atoms with Gasteiger partial charge in [-0.2, -0.15) is 5.10 Å². The highest BCUT2D eigenvalue weighted by molar-refractivity contribution is 6.18. The largest absolute Gasteiger partial charge is 0.272 e. The van der Waals surface area contributed by atoms with Crippen molar-refractivity contribution in [1.82, 2.24) is 9.78 Å². The molecule has 0 bridgehead atoms. The summed E-state index contributed by atoms with van der Waals surface area (Å²) in [5.41, 5.74) is 2.78. The fraction of sp³-hybridized carbons (Fsp3) is 0.750. The molecule has 0 N–H and O–H groups in total. The molecule has 0 saturated heterocycles. The van der Waals surface area contributed by atoms with Gasteiger partial charge in [-0.3, -0.25) is 4.68 Å². The van der Waals surface area contributed by atoms with Crippen molar-refractivity contribution in [2.75, 3.05) is 5.88 Å². The van der Waals surface area contributed by atoms with E-state index < -0.39 is 0 Å². The summed E-state index contributed by atoms with van der Waals surface area (Å²) >= 11 is 6.14. The number of aryl methyl sites for hydroxylation is 2. The third-order valence-corrected chi connectivity index (χ3v) is 4.17. The maximum absolute atomic E-state index is 6.14. The Labute approximate surface area is 96.6 Å². The average molecular weight is 227 g/mol. The lowest BCUT2D eigenvalue weighted by atomic mass is 9.83. The van der Waals surface area contributed by atoms with Crippen molar-refractivity contribution in [3.05, 3.63) is 17.5 Å². The molecular weight excluding hydrogens is 208 g/mol. The minimum atomic E-state index is 0.349. The van der Waals surface area contributed by atoms with E-state index in [9.17, 15) is 0 Å². The second-order valence-electron chi connectivity index (χ2n) is 4.92. The first kappa shape index (κ1) is 11.0. The Bertz CT molecular complexity index is 337. The van der Waals surface area contributed by atoms with Gasteiger partial charge in [0.1, 0.15) is 0 Å². The molecule has 0 amide bonds. The van der Waals surface area contributed by atoms with E-state index in [0.29, 0.717) is 5.41 Å². The van der Waals surface area contributed by atoms with Gasteiger partial charge in [-0.1, -0.05) is 12.8 Å². The molecule has 1 aliphatic rings. The zero-order chi connectivity index (χ0) is 10.9. The quantitative estimate of drug-likeness (QED) is 0.725. The van der Waals surface area contributed by atoms with Crippen LogP contribution in [0, 0.1) is 12.3 Å². The second kappa shape index (κ2) is 4.17. The number of halogens is 1. The molecule has 1 aliphatic carbocycles. The van der Waals surface area contributed by atoms with Crippen molar-refractivity contribution in [1.29, 1.82) is 0 Å². The van der Waals surface area contributed by atoms with Gasteiger partial charge in [0.15, 0.2) is 0 Å². The van der Waals surface area contributed by atoms with Crippen LogP contribution in [0.1, 0.15) is 37.1 Å². The summed E-state index contributed by atoms with van der Waals surface area (Å²) < 4.78 is 2.00. The molecule has 0 atom stereocenters. The number of aromatic nitrogens is 2. The summed E-state index contributed by atoms with van der Waals surface area (Å²) in [7, 11) is 2.03. The van der Waals surface area contributed by atoms with Gasteiger partial charge >= 0.3 is 0 Å². The molecule has 0 unspecified atom stereocenters. The van der Waals surface area contributed by atoms with Gasteiger partial charge in [-0.15, -0.1) is 11.6 Å². The minimum Gasteiger partial charge on any atom is -0.272 e. The molecule has 1 saturated carbocycles. The summed E-state index contributed by atoms with van der Waals surface area (Å²) in [6.07, 6.45) is 6.32. The average Bonchev–Trinajstić information content (AvgIpc) is 2.76. The van der Waals surface area contributed by atoms with Crippen LogP contribution in [0.15, 0.2) is 6.07 Å². The maximum atomic E-state index is 6.14. The Balaban J connectivity index is 2.16. The number of nitrogens with zero attached hydrogens (tertiary/aromatic N) is 2. The van der Waals surface area contributed by atoms with Gasteiger partial charge in [0.2, 0.25) is 0 Å². The van der Waals surface area contributed by atoms with Crippen LogP contribution >= 0.6 is 11.6 Å². The topological polar surface area (TPSA) is 17.8 Å². The highest BCUT2D eigenvalue weighted by Crippen LogP contribution is 2.41. The third-order valence-electron chi connectivity index (χ3n) is 3.60. The third kappa shape index (κ3) is 2.20. The molecule has 1 heterocycles. The van der Waals surface area contributed by atoms with E-state index in [1.807, 2.05) is 18.7 Å². The maximum Gasteiger partial charge on any atom is 0.0596 e. The Hall–Kier alpha value is -0.500. The van der Waals surface area contributed by atoms with Crippen molar-refractivity contribution in [3.63, 3.8) is 0 Å². The van der Waals surface area contributed by atoms with E-state index in [0.717, 1.165) is 18.0 Å². The lowest BCUT2D eigenvalue weighted by molar-refractivity contribution is 0.332. The minimum absolute atomic E-state index is 0.349.